The van der Waals surface area contributed by atoms with Crippen LogP contribution in [0.4, 0.5) is 0 Å². The number of fused-ring (bicyclic) bond motifs is 1. The highest BCUT2D eigenvalue weighted by Gasteiger charge is 2.10. The number of rotatable bonds is 6. The summed E-state index contributed by atoms with van der Waals surface area (Å²) in [5.41, 5.74) is 2.35. The lowest BCUT2D eigenvalue weighted by molar-refractivity contribution is -0.121. The third-order valence-corrected chi connectivity index (χ3v) is 3.89. The van der Waals surface area contributed by atoms with E-state index in [0.717, 1.165) is 11.0 Å². The van der Waals surface area contributed by atoms with Crippen molar-refractivity contribution in [2.75, 3.05) is 0 Å². The Morgan fingerprint density at radius 2 is 1.79 bits per heavy atom. The van der Waals surface area contributed by atoms with E-state index < -0.39 is 0 Å². The van der Waals surface area contributed by atoms with Crippen LogP contribution >= 0.6 is 11.6 Å². The largest absolute Gasteiger partial charge is 0.349 e. The third kappa shape index (κ3) is 4.00. The zero-order chi connectivity index (χ0) is 16.9. The Labute approximate surface area is 144 Å². The van der Waals surface area contributed by atoms with Gasteiger partial charge in [-0.15, -0.1) is 0 Å². The molecule has 6 heteroatoms. The Hall–Kier alpha value is -2.66. The van der Waals surface area contributed by atoms with E-state index >= 15 is 0 Å². The molecular formula is C18H16ClN3O2. The number of aromatic nitrogens is 2. The first-order chi connectivity index (χ1) is 11.6. The van der Waals surface area contributed by atoms with Gasteiger partial charge in [-0.1, -0.05) is 23.7 Å². The maximum absolute atomic E-state index is 12.0. The molecule has 0 aliphatic heterocycles. The van der Waals surface area contributed by atoms with Gasteiger partial charge in [-0.05, 0) is 36.4 Å². The summed E-state index contributed by atoms with van der Waals surface area (Å²) in [7, 11) is 0. The lowest BCUT2D eigenvalue weighted by atomic mass is 10.1. The number of hydrogen-bond donors (Lipinski definition) is 2. The smallest absolute Gasteiger partial charge is 0.220 e. The van der Waals surface area contributed by atoms with Crippen LogP contribution in [0.5, 0.6) is 0 Å². The van der Waals surface area contributed by atoms with Crippen LogP contribution in [0.3, 0.4) is 0 Å². The maximum atomic E-state index is 12.0. The molecule has 1 aromatic heterocycles. The molecule has 0 radical (unpaired) electrons. The Kier molecular flexibility index (Phi) is 4.91. The number of H-pyrrole nitrogens is 1. The number of amides is 1. The van der Waals surface area contributed by atoms with Crippen molar-refractivity contribution in [3.8, 4) is 0 Å². The van der Waals surface area contributed by atoms with Gasteiger partial charge < -0.3 is 10.3 Å². The molecule has 0 unspecified atom stereocenters. The number of aromatic amines is 1. The summed E-state index contributed by atoms with van der Waals surface area (Å²) in [6, 6.07) is 14.3. The molecule has 0 saturated heterocycles. The highest BCUT2D eigenvalue weighted by Crippen LogP contribution is 2.12. The lowest BCUT2D eigenvalue weighted by Crippen LogP contribution is -2.23. The molecule has 5 nitrogen and oxygen atoms in total. The van der Waals surface area contributed by atoms with Crippen molar-refractivity contribution in [1.29, 1.82) is 0 Å². The van der Waals surface area contributed by atoms with Gasteiger partial charge >= 0.3 is 0 Å². The topological polar surface area (TPSA) is 74.8 Å². The van der Waals surface area contributed by atoms with Crippen molar-refractivity contribution in [2.24, 2.45) is 0 Å². The molecule has 0 saturated carbocycles. The number of para-hydroxylation sites is 2. The summed E-state index contributed by atoms with van der Waals surface area (Å²) < 4.78 is 0. The average molecular weight is 342 g/mol. The minimum absolute atomic E-state index is 0.0782. The van der Waals surface area contributed by atoms with E-state index in [4.69, 9.17) is 11.6 Å². The van der Waals surface area contributed by atoms with Crippen LogP contribution in [0, 0.1) is 0 Å². The van der Waals surface area contributed by atoms with E-state index in [2.05, 4.69) is 15.3 Å². The van der Waals surface area contributed by atoms with Crippen LogP contribution < -0.4 is 5.32 Å². The van der Waals surface area contributed by atoms with Crippen LogP contribution in [0.2, 0.25) is 5.02 Å². The van der Waals surface area contributed by atoms with Gasteiger partial charge in [-0.2, -0.15) is 0 Å². The SMILES string of the molecule is O=C(CCC(=O)c1ccc(Cl)cc1)NCc1nc2ccccc2[nH]1. The second-order valence-electron chi connectivity index (χ2n) is 5.41. The van der Waals surface area contributed by atoms with Crippen LogP contribution in [0.15, 0.2) is 48.5 Å². The van der Waals surface area contributed by atoms with Crippen molar-refractivity contribution in [3.63, 3.8) is 0 Å². The molecule has 3 aromatic rings. The van der Waals surface area contributed by atoms with E-state index in [1.165, 1.54) is 0 Å². The number of benzene rings is 2. The van der Waals surface area contributed by atoms with E-state index in [9.17, 15) is 9.59 Å². The summed E-state index contributed by atoms with van der Waals surface area (Å²) in [6.07, 6.45) is 0.301. The number of halogens is 1. The van der Waals surface area contributed by atoms with Gasteiger partial charge in [-0.25, -0.2) is 4.98 Å². The van der Waals surface area contributed by atoms with E-state index in [1.54, 1.807) is 24.3 Å². The molecule has 0 fully saturated rings. The molecule has 2 aromatic carbocycles. The minimum Gasteiger partial charge on any atom is -0.349 e. The molecule has 3 rings (SSSR count). The summed E-state index contributed by atoms with van der Waals surface area (Å²) in [6.45, 7) is 0.308. The van der Waals surface area contributed by atoms with E-state index in [-0.39, 0.29) is 24.5 Å². The molecule has 0 aliphatic carbocycles. The summed E-state index contributed by atoms with van der Waals surface area (Å²) in [4.78, 5) is 31.4. The monoisotopic (exact) mass is 341 g/mol. The molecule has 1 amide bonds. The molecular weight excluding hydrogens is 326 g/mol. The number of nitrogens with zero attached hydrogens (tertiary/aromatic N) is 1. The zero-order valence-electron chi connectivity index (χ0n) is 12.9. The molecule has 0 aliphatic rings. The van der Waals surface area contributed by atoms with Crippen LogP contribution in [0.1, 0.15) is 29.0 Å². The van der Waals surface area contributed by atoms with Gasteiger partial charge in [0.1, 0.15) is 5.82 Å². The Morgan fingerprint density at radius 1 is 1.04 bits per heavy atom. The highest BCUT2D eigenvalue weighted by molar-refractivity contribution is 6.30. The van der Waals surface area contributed by atoms with Crippen molar-refractivity contribution in [3.05, 3.63) is 64.9 Å². The maximum Gasteiger partial charge on any atom is 0.220 e. The average Bonchev–Trinajstić information content (AvgIpc) is 3.01. The Morgan fingerprint density at radius 3 is 2.54 bits per heavy atom. The molecule has 0 bridgehead atoms. The van der Waals surface area contributed by atoms with E-state index in [1.807, 2.05) is 24.3 Å². The van der Waals surface area contributed by atoms with Crippen molar-refractivity contribution < 1.29 is 9.59 Å². The second-order valence-corrected chi connectivity index (χ2v) is 5.84. The zero-order valence-corrected chi connectivity index (χ0v) is 13.6. The number of imidazole rings is 1. The standard InChI is InChI=1S/C18H16ClN3O2/c19-13-7-5-12(6-8-13)16(23)9-10-18(24)20-11-17-21-14-3-1-2-4-15(14)22-17/h1-8H,9-11H2,(H,20,24)(H,21,22). The van der Waals surface area contributed by atoms with Gasteiger partial charge in [-0.3, -0.25) is 9.59 Å². The van der Waals surface area contributed by atoms with Gasteiger partial charge in [0.25, 0.3) is 0 Å². The highest BCUT2D eigenvalue weighted by atomic mass is 35.5. The van der Waals surface area contributed by atoms with Gasteiger partial charge in [0.05, 0.1) is 17.6 Å². The van der Waals surface area contributed by atoms with Crippen LogP contribution in [-0.2, 0) is 11.3 Å². The predicted octanol–water partition coefficient (Wildman–Crippen LogP) is 3.50. The quantitative estimate of drug-likeness (QED) is 0.674. The van der Waals surface area contributed by atoms with Crippen LogP contribution in [-0.4, -0.2) is 21.7 Å². The number of ketones is 1. The second kappa shape index (κ2) is 7.27. The molecule has 122 valence electrons. The summed E-state index contributed by atoms with van der Waals surface area (Å²) in [5, 5.41) is 3.35. The summed E-state index contributed by atoms with van der Waals surface area (Å²) in [5.74, 6) is 0.428. The van der Waals surface area contributed by atoms with Crippen molar-refractivity contribution in [2.45, 2.75) is 19.4 Å². The molecule has 0 atom stereocenters. The fourth-order valence-corrected chi connectivity index (χ4v) is 2.49. The Bertz CT molecular complexity index is 838. The van der Waals surface area contributed by atoms with Gasteiger partial charge in [0, 0.05) is 23.4 Å². The number of nitrogens with one attached hydrogen (secondary N) is 2. The lowest BCUT2D eigenvalue weighted by Gasteiger charge is -2.03. The number of carbonyl (C=O) groups is 2. The summed E-state index contributed by atoms with van der Waals surface area (Å²) >= 11 is 5.79. The van der Waals surface area contributed by atoms with Gasteiger partial charge in [0.2, 0.25) is 5.91 Å². The number of carbonyl (C=O) groups excluding carboxylic acids is 2. The van der Waals surface area contributed by atoms with E-state index in [0.29, 0.717) is 23.0 Å². The minimum atomic E-state index is -0.183. The van der Waals surface area contributed by atoms with Gasteiger partial charge in [0.15, 0.2) is 5.78 Å². The molecule has 1 heterocycles. The first-order valence-electron chi connectivity index (χ1n) is 7.61. The Balaban J connectivity index is 1.48. The third-order valence-electron chi connectivity index (χ3n) is 3.64. The predicted molar refractivity (Wildman–Crippen MR) is 93.0 cm³/mol. The number of Topliss-reactive ketones (excluding diaryl/α,β-unsaturated/α-hetero) is 1. The fraction of sp³-hybridized carbons (Fsp3) is 0.167. The van der Waals surface area contributed by atoms with Crippen molar-refractivity contribution >= 4 is 34.3 Å². The first kappa shape index (κ1) is 16.2. The van der Waals surface area contributed by atoms with Crippen LogP contribution in [0.25, 0.3) is 11.0 Å². The van der Waals surface area contributed by atoms with Crippen molar-refractivity contribution in [1.82, 2.24) is 15.3 Å². The normalized spacial score (nSPS) is 10.7. The number of hydrogen-bond acceptors (Lipinski definition) is 3. The molecule has 24 heavy (non-hydrogen) atoms. The fourth-order valence-electron chi connectivity index (χ4n) is 2.37. The molecule has 0 spiro atoms. The molecule has 2 N–H and O–H groups in total. The first-order valence-corrected chi connectivity index (χ1v) is 7.99.